The fourth-order valence-corrected chi connectivity index (χ4v) is 3.88. The minimum atomic E-state index is -0.250. The minimum absolute atomic E-state index is 0.0612. The predicted molar refractivity (Wildman–Crippen MR) is 124 cm³/mol. The highest BCUT2D eigenvalue weighted by Gasteiger charge is 2.25. The Morgan fingerprint density at radius 1 is 1.15 bits per heavy atom. The van der Waals surface area contributed by atoms with Crippen molar-refractivity contribution < 1.29 is 13.9 Å². The molecule has 1 aliphatic heterocycles. The molecule has 0 unspecified atom stereocenters. The van der Waals surface area contributed by atoms with E-state index in [4.69, 9.17) is 14.7 Å². The Hall–Kier alpha value is -4.07. The molecule has 0 saturated carbocycles. The lowest BCUT2D eigenvalue weighted by Crippen LogP contribution is -2.27. The monoisotopic (exact) mass is 443 g/mol. The highest BCUT2D eigenvalue weighted by atomic mass is 19.1. The Balaban J connectivity index is 1.62. The number of aromatic nitrogens is 3. The Bertz CT molecular complexity index is 1340. The molecule has 8 heteroatoms. The van der Waals surface area contributed by atoms with Crippen molar-refractivity contribution in [1.29, 1.82) is 0 Å². The molecule has 0 fully saturated rings. The van der Waals surface area contributed by atoms with Gasteiger partial charge < -0.3 is 14.5 Å². The normalized spacial score (nSPS) is 12.6. The van der Waals surface area contributed by atoms with Crippen molar-refractivity contribution >= 4 is 28.3 Å². The first-order valence-corrected chi connectivity index (χ1v) is 10.6. The van der Waals surface area contributed by atoms with Crippen molar-refractivity contribution in [3.8, 4) is 17.1 Å². The van der Waals surface area contributed by atoms with Gasteiger partial charge in [0, 0.05) is 49.7 Å². The molecule has 0 saturated heterocycles. The van der Waals surface area contributed by atoms with Gasteiger partial charge in [-0.1, -0.05) is 0 Å². The number of fused-ring (bicyclic) bond motifs is 2. The van der Waals surface area contributed by atoms with Gasteiger partial charge in [0.15, 0.2) is 12.4 Å². The SMILES string of the molecule is CN(C)C(=O)COc1ccc2nc(-c3cccnc3)nc(N3CCc4cc(F)ccc43)c2c1. The third-order valence-electron chi connectivity index (χ3n) is 5.62. The van der Waals surface area contributed by atoms with Gasteiger partial charge in [-0.05, 0) is 60.5 Å². The molecule has 166 valence electrons. The Morgan fingerprint density at radius 3 is 2.82 bits per heavy atom. The molecular formula is C25H22FN5O2. The highest BCUT2D eigenvalue weighted by molar-refractivity contribution is 5.94. The van der Waals surface area contributed by atoms with Crippen LogP contribution in [0.15, 0.2) is 60.9 Å². The molecule has 3 heterocycles. The standard InChI is InChI=1S/C25H22FN5O2/c1-30(2)23(32)15-33-19-6-7-21-20(13-19)25(29-24(28-21)17-4-3-10-27-14-17)31-11-9-16-12-18(26)5-8-22(16)31/h3-8,10,12-14H,9,11,15H2,1-2H3. The summed E-state index contributed by atoms with van der Waals surface area (Å²) in [5.74, 6) is 1.43. The molecule has 1 aliphatic rings. The third-order valence-corrected chi connectivity index (χ3v) is 5.62. The zero-order valence-electron chi connectivity index (χ0n) is 18.3. The first kappa shape index (κ1) is 20.8. The van der Waals surface area contributed by atoms with Gasteiger partial charge in [0.1, 0.15) is 17.4 Å². The average Bonchev–Trinajstić information content (AvgIpc) is 3.25. The number of halogens is 1. The number of pyridine rings is 1. The van der Waals surface area contributed by atoms with Gasteiger partial charge in [0.25, 0.3) is 5.91 Å². The molecule has 1 amide bonds. The second kappa shape index (κ2) is 8.46. The topological polar surface area (TPSA) is 71.5 Å². The van der Waals surface area contributed by atoms with Crippen molar-refractivity contribution in [3.63, 3.8) is 0 Å². The Labute approximate surface area is 190 Å². The number of anilines is 2. The molecule has 4 aromatic rings. The van der Waals surface area contributed by atoms with E-state index in [-0.39, 0.29) is 18.3 Å². The minimum Gasteiger partial charge on any atom is -0.484 e. The largest absolute Gasteiger partial charge is 0.484 e. The predicted octanol–water partition coefficient (Wildman–Crippen LogP) is 3.99. The number of likely N-dealkylation sites (N-methyl/N-ethyl adjacent to an activating group) is 1. The van der Waals surface area contributed by atoms with E-state index in [9.17, 15) is 9.18 Å². The second-order valence-electron chi connectivity index (χ2n) is 8.04. The third kappa shape index (κ3) is 4.07. The van der Waals surface area contributed by atoms with Gasteiger partial charge in [-0.25, -0.2) is 14.4 Å². The summed E-state index contributed by atoms with van der Waals surface area (Å²) in [6, 6.07) is 14.1. The smallest absolute Gasteiger partial charge is 0.259 e. The molecule has 0 N–H and O–H groups in total. The first-order valence-electron chi connectivity index (χ1n) is 10.6. The number of rotatable bonds is 5. The summed E-state index contributed by atoms with van der Waals surface area (Å²) in [6.45, 7) is 0.607. The molecule has 0 radical (unpaired) electrons. The molecule has 0 bridgehead atoms. The lowest BCUT2D eigenvalue weighted by Gasteiger charge is -2.21. The molecule has 33 heavy (non-hydrogen) atoms. The fraction of sp³-hybridized carbons (Fsp3) is 0.200. The van der Waals surface area contributed by atoms with Gasteiger partial charge in [-0.15, -0.1) is 0 Å². The van der Waals surface area contributed by atoms with E-state index in [1.165, 1.54) is 11.0 Å². The van der Waals surface area contributed by atoms with E-state index in [0.29, 0.717) is 30.4 Å². The molecule has 0 aliphatic carbocycles. The van der Waals surface area contributed by atoms with Gasteiger partial charge in [0.05, 0.1) is 5.52 Å². The van der Waals surface area contributed by atoms with E-state index < -0.39 is 0 Å². The van der Waals surface area contributed by atoms with Crippen LogP contribution in [0.2, 0.25) is 0 Å². The fourth-order valence-electron chi connectivity index (χ4n) is 3.88. The van der Waals surface area contributed by atoms with Crippen molar-refractivity contribution in [2.45, 2.75) is 6.42 Å². The van der Waals surface area contributed by atoms with Crippen LogP contribution in [0.25, 0.3) is 22.3 Å². The summed E-state index contributed by atoms with van der Waals surface area (Å²) >= 11 is 0. The second-order valence-corrected chi connectivity index (χ2v) is 8.04. The van der Waals surface area contributed by atoms with Crippen LogP contribution in [0.1, 0.15) is 5.56 Å². The number of ether oxygens (including phenoxy) is 1. The number of hydrogen-bond acceptors (Lipinski definition) is 6. The molecular weight excluding hydrogens is 421 g/mol. The zero-order chi connectivity index (χ0) is 22.9. The van der Waals surface area contributed by atoms with Gasteiger partial charge in [-0.3, -0.25) is 9.78 Å². The molecule has 0 spiro atoms. The summed E-state index contributed by atoms with van der Waals surface area (Å²) in [4.78, 5) is 29.3. The van der Waals surface area contributed by atoms with Crippen LogP contribution in [-0.2, 0) is 11.2 Å². The number of carbonyl (C=O) groups excluding carboxylic acids is 1. The van der Waals surface area contributed by atoms with Crippen molar-refractivity contribution in [2.75, 3.05) is 32.1 Å². The van der Waals surface area contributed by atoms with Crippen LogP contribution in [0.4, 0.5) is 15.9 Å². The molecule has 5 rings (SSSR count). The molecule has 2 aromatic heterocycles. The summed E-state index contributed by atoms with van der Waals surface area (Å²) in [7, 11) is 3.37. The van der Waals surface area contributed by atoms with E-state index in [1.54, 1.807) is 44.7 Å². The maximum absolute atomic E-state index is 13.8. The van der Waals surface area contributed by atoms with Crippen molar-refractivity contribution in [3.05, 3.63) is 72.3 Å². The van der Waals surface area contributed by atoms with Crippen LogP contribution in [0.5, 0.6) is 5.75 Å². The quantitative estimate of drug-likeness (QED) is 0.465. The average molecular weight is 443 g/mol. The van der Waals surface area contributed by atoms with Crippen LogP contribution < -0.4 is 9.64 Å². The molecule has 2 aromatic carbocycles. The van der Waals surface area contributed by atoms with Gasteiger partial charge >= 0.3 is 0 Å². The number of nitrogens with zero attached hydrogens (tertiary/aromatic N) is 5. The number of amides is 1. The van der Waals surface area contributed by atoms with Gasteiger partial charge in [-0.2, -0.15) is 0 Å². The van der Waals surface area contributed by atoms with E-state index in [1.807, 2.05) is 24.3 Å². The lowest BCUT2D eigenvalue weighted by molar-refractivity contribution is -0.130. The number of carbonyl (C=O) groups is 1. The Kier molecular flexibility index (Phi) is 5.34. The first-order chi connectivity index (χ1) is 16.0. The van der Waals surface area contributed by atoms with Crippen molar-refractivity contribution in [2.24, 2.45) is 0 Å². The maximum Gasteiger partial charge on any atom is 0.259 e. The zero-order valence-corrected chi connectivity index (χ0v) is 18.3. The number of hydrogen-bond donors (Lipinski definition) is 0. The van der Waals surface area contributed by atoms with E-state index in [2.05, 4.69) is 9.88 Å². The molecule has 0 atom stereocenters. The van der Waals surface area contributed by atoms with Crippen LogP contribution in [0, 0.1) is 5.82 Å². The maximum atomic E-state index is 13.8. The molecule has 7 nitrogen and oxygen atoms in total. The van der Waals surface area contributed by atoms with E-state index >= 15 is 0 Å². The number of benzene rings is 2. The Morgan fingerprint density at radius 2 is 2.03 bits per heavy atom. The van der Waals surface area contributed by atoms with Crippen molar-refractivity contribution in [1.82, 2.24) is 19.9 Å². The summed E-state index contributed by atoms with van der Waals surface area (Å²) < 4.78 is 19.5. The lowest BCUT2D eigenvalue weighted by atomic mass is 10.1. The van der Waals surface area contributed by atoms with E-state index in [0.717, 1.165) is 27.7 Å². The summed E-state index contributed by atoms with van der Waals surface area (Å²) in [6.07, 6.45) is 4.15. The van der Waals surface area contributed by atoms with Crippen LogP contribution in [-0.4, -0.2) is 53.0 Å². The van der Waals surface area contributed by atoms with Crippen LogP contribution >= 0.6 is 0 Å². The van der Waals surface area contributed by atoms with Gasteiger partial charge in [0.2, 0.25) is 0 Å². The summed E-state index contributed by atoms with van der Waals surface area (Å²) in [5, 5.41) is 0.787. The van der Waals surface area contributed by atoms with Crippen LogP contribution in [0.3, 0.4) is 0 Å². The summed E-state index contributed by atoms with van der Waals surface area (Å²) in [5.41, 5.74) is 3.40. The highest BCUT2D eigenvalue weighted by Crippen LogP contribution is 2.39.